The molecule has 3 heteroatoms. The van der Waals surface area contributed by atoms with Crippen LogP contribution in [0.15, 0.2) is 11.6 Å². The van der Waals surface area contributed by atoms with E-state index in [-0.39, 0.29) is 12.1 Å². The first-order valence-corrected chi connectivity index (χ1v) is 10.3. The molecule has 0 aromatic carbocycles. The Hall–Kier alpha value is -0.830. The van der Waals surface area contributed by atoms with E-state index in [0.717, 1.165) is 31.1 Å². The number of esters is 1. The lowest BCUT2D eigenvalue weighted by Crippen LogP contribution is -2.49. The minimum Gasteiger partial charge on any atom is -0.463 e. The van der Waals surface area contributed by atoms with Gasteiger partial charge in [0.15, 0.2) is 0 Å². The van der Waals surface area contributed by atoms with Crippen LogP contribution in [-0.2, 0) is 14.3 Å². The molecule has 0 bridgehead atoms. The van der Waals surface area contributed by atoms with E-state index in [4.69, 9.17) is 9.47 Å². The predicted octanol–water partition coefficient (Wildman–Crippen LogP) is 4.90. The summed E-state index contributed by atoms with van der Waals surface area (Å²) < 4.78 is 11.3. The van der Waals surface area contributed by atoms with Gasteiger partial charge in [0.25, 0.3) is 0 Å². The normalized spacial score (nSPS) is 48.8. The monoisotopic (exact) mass is 346 g/mol. The number of fused-ring (bicyclic) bond motifs is 5. The molecule has 3 fully saturated rings. The fraction of sp³-hybridized carbons (Fsp3) is 0.864. The van der Waals surface area contributed by atoms with E-state index in [1.165, 1.54) is 32.1 Å². The number of carbonyl (C=O) groups excluding carboxylic acids is 1. The third-order valence-corrected chi connectivity index (χ3v) is 8.45. The molecule has 7 atom stereocenters. The fourth-order valence-electron chi connectivity index (χ4n) is 7.15. The molecule has 0 saturated heterocycles. The molecule has 140 valence electrons. The molecule has 0 radical (unpaired) electrons. The smallest absolute Gasteiger partial charge is 0.302 e. The first kappa shape index (κ1) is 17.6. The number of ether oxygens (including phenoxy) is 2. The van der Waals surface area contributed by atoms with Crippen LogP contribution in [0, 0.1) is 28.6 Å². The average Bonchev–Trinajstić information content (AvgIpc) is 2.89. The number of allylic oxidation sites excluding steroid dienone is 1. The van der Waals surface area contributed by atoms with Gasteiger partial charge in [0, 0.05) is 14.0 Å². The van der Waals surface area contributed by atoms with Crippen molar-refractivity contribution >= 4 is 5.97 Å². The van der Waals surface area contributed by atoms with E-state index in [2.05, 4.69) is 19.9 Å². The molecule has 0 aliphatic heterocycles. The van der Waals surface area contributed by atoms with Gasteiger partial charge in [-0.1, -0.05) is 25.5 Å². The number of hydrogen-bond donors (Lipinski definition) is 0. The van der Waals surface area contributed by atoms with Crippen LogP contribution in [0.2, 0.25) is 0 Å². The number of rotatable bonds is 2. The Morgan fingerprint density at radius 2 is 1.96 bits per heavy atom. The van der Waals surface area contributed by atoms with Crippen molar-refractivity contribution in [3.8, 4) is 0 Å². The molecule has 0 aromatic heterocycles. The number of hydrogen-bond acceptors (Lipinski definition) is 3. The number of carbonyl (C=O) groups is 1. The van der Waals surface area contributed by atoms with Crippen molar-refractivity contribution in [1.82, 2.24) is 0 Å². The summed E-state index contributed by atoms with van der Waals surface area (Å²) in [5.41, 5.74) is 2.41. The van der Waals surface area contributed by atoms with Crippen LogP contribution in [0.3, 0.4) is 0 Å². The molecule has 0 unspecified atom stereocenters. The summed E-state index contributed by atoms with van der Waals surface area (Å²) in [5.74, 6) is 2.18. The molecule has 0 N–H and O–H groups in total. The van der Waals surface area contributed by atoms with Gasteiger partial charge in [-0.3, -0.25) is 4.79 Å². The van der Waals surface area contributed by atoms with E-state index in [1.807, 2.05) is 7.11 Å². The van der Waals surface area contributed by atoms with Crippen molar-refractivity contribution in [3.05, 3.63) is 11.6 Å². The Bertz CT molecular complexity index is 582. The second kappa shape index (κ2) is 6.11. The largest absolute Gasteiger partial charge is 0.463 e. The lowest BCUT2D eigenvalue weighted by atomic mass is 9.48. The fourth-order valence-corrected chi connectivity index (χ4v) is 7.15. The maximum atomic E-state index is 11.4. The zero-order valence-corrected chi connectivity index (χ0v) is 16.3. The molecular weight excluding hydrogens is 312 g/mol. The maximum absolute atomic E-state index is 11.4. The zero-order valence-electron chi connectivity index (χ0n) is 16.3. The van der Waals surface area contributed by atoms with Crippen LogP contribution in [-0.4, -0.2) is 25.3 Å². The van der Waals surface area contributed by atoms with Crippen molar-refractivity contribution in [2.24, 2.45) is 28.6 Å². The third-order valence-electron chi connectivity index (χ3n) is 8.45. The topological polar surface area (TPSA) is 35.5 Å². The van der Waals surface area contributed by atoms with Crippen LogP contribution < -0.4 is 0 Å². The molecular formula is C22H34O3. The van der Waals surface area contributed by atoms with E-state index >= 15 is 0 Å². The summed E-state index contributed by atoms with van der Waals surface area (Å²) in [4.78, 5) is 11.4. The highest BCUT2D eigenvalue weighted by molar-refractivity contribution is 5.66. The highest BCUT2D eigenvalue weighted by Crippen LogP contribution is 2.65. The summed E-state index contributed by atoms with van der Waals surface area (Å²) in [5, 5.41) is 0. The maximum Gasteiger partial charge on any atom is 0.302 e. The highest BCUT2D eigenvalue weighted by atomic mass is 16.5. The van der Waals surface area contributed by atoms with E-state index in [0.29, 0.717) is 22.9 Å². The van der Waals surface area contributed by atoms with E-state index < -0.39 is 0 Å². The van der Waals surface area contributed by atoms with Crippen molar-refractivity contribution in [2.75, 3.05) is 7.11 Å². The lowest BCUT2D eigenvalue weighted by molar-refractivity contribution is -0.146. The minimum atomic E-state index is -0.112. The van der Waals surface area contributed by atoms with Crippen molar-refractivity contribution in [3.63, 3.8) is 0 Å². The Kier molecular flexibility index (Phi) is 4.30. The van der Waals surface area contributed by atoms with Crippen LogP contribution in [0.25, 0.3) is 0 Å². The van der Waals surface area contributed by atoms with Crippen molar-refractivity contribution in [1.29, 1.82) is 0 Å². The first-order valence-electron chi connectivity index (χ1n) is 10.3. The molecule has 0 amide bonds. The zero-order chi connectivity index (χ0) is 17.8. The highest BCUT2D eigenvalue weighted by Gasteiger charge is 2.58. The van der Waals surface area contributed by atoms with Gasteiger partial charge in [-0.05, 0) is 80.0 Å². The van der Waals surface area contributed by atoms with Crippen LogP contribution in [0.5, 0.6) is 0 Å². The Morgan fingerprint density at radius 3 is 2.68 bits per heavy atom. The second-order valence-electron chi connectivity index (χ2n) is 9.72. The molecule has 3 saturated carbocycles. The van der Waals surface area contributed by atoms with Gasteiger partial charge in [-0.15, -0.1) is 0 Å². The van der Waals surface area contributed by atoms with Crippen molar-refractivity contribution < 1.29 is 14.3 Å². The summed E-state index contributed by atoms with van der Waals surface area (Å²) >= 11 is 0. The van der Waals surface area contributed by atoms with Crippen molar-refractivity contribution in [2.45, 2.75) is 84.3 Å². The first-order chi connectivity index (χ1) is 11.9. The molecule has 0 spiro atoms. The van der Waals surface area contributed by atoms with Crippen LogP contribution >= 0.6 is 0 Å². The molecule has 4 rings (SSSR count). The summed E-state index contributed by atoms with van der Waals surface area (Å²) in [6.07, 6.45) is 12.8. The predicted molar refractivity (Wildman–Crippen MR) is 98.1 cm³/mol. The van der Waals surface area contributed by atoms with Gasteiger partial charge in [0.1, 0.15) is 6.10 Å². The van der Waals surface area contributed by atoms with Gasteiger partial charge >= 0.3 is 5.97 Å². The number of methoxy groups -OCH3 is 1. The third kappa shape index (κ3) is 2.78. The Morgan fingerprint density at radius 1 is 1.16 bits per heavy atom. The Balaban J connectivity index is 1.58. The lowest BCUT2D eigenvalue weighted by Gasteiger charge is -2.57. The summed E-state index contributed by atoms with van der Waals surface area (Å²) in [7, 11) is 1.86. The average molecular weight is 347 g/mol. The van der Waals surface area contributed by atoms with Gasteiger partial charge in [-0.25, -0.2) is 0 Å². The summed E-state index contributed by atoms with van der Waals surface area (Å²) in [6.45, 7) is 6.54. The van der Waals surface area contributed by atoms with Gasteiger partial charge in [0.05, 0.1) is 6.10 Å². The molecule has 0 aromatic rings. The quantitative estimate of drug-likeness (QED) is 0.527. The molecule has 3 nitrogen and oxygen atoms in total. The SMILES string of the molecule is CO[C@@H]1CC[C@@]2(C)C(=CC[C@H]3[C@@H]4C[C@@H](OC(C)=O)C[C@@]4(C)CC[C@@H]32)C1. The summed E-state index contributed by atoms with van der Waals surface area (Å²) in [6, 6.07) is 0. The Labute approximate surface area is 152 Å². The molecule has 0 heterocycles. The molecule has 4 aliphatic rings. The standard InChI is InChI=1S/C22H34O3/c1-14(23)25-17-12-20-18-6-5-15-11-16(24-4)7-10-22(15,3)19(18)8-9-21(20,2)13-17/h5,16-20H,6-13H2,1-4H3/t16-,17-,18-,19+,20+,21-,22+/m1/s1. The second-order valence-corrected chi connectivity index (χ2v) is 9.72. The van der Waals surface area contributed by atoms with Gasteiger partial charge in [-0.2, -0.15) is 0 Å². The van der Waals surface area contributed by atoms with Crippen LogP contribution in [0.4, 0.5) is 0 Å². The van der Waals surface area contributed by atoms with Crippen LogP contribution in [0.1, 0.15) is 72.1 Å². The molecule has 4 aliphatic carbocycles. The minimum absolute atomic E-state index is 0.112. The van der Waals surface area contributed by atoms with Gasteiger partial charge in [0.2, 0.25) is 0 Å². The van der Waals surface area contributed by atoms with E-state index in [9.17, 15) is 4.79 Å². The molecule has 25 heavy (non-hydrogen) atoms. The van der Waals surface area contributed by atoms with Gasteiger partial charge < -0.3 is 9.47 Å². The van der Waals surface area contributed by atoms with E-state index in [1.54, 1.807) is 12.5 Å².